The van der Waals surface area contributed by atoms with Crippen molar-refractivity contribution >= 4 is 5.65 Å². The van der Waals surface area contributed by atoms with Crippen molar-refractivity contribution in [3.63, 3.8) is 0 Å². The number of rotatable bonds is 5. The van der Waals surface area contributed by atoms with Crippen molar-refractivity contribution in [2.24, 2.45) is 0 Å². The minimum Gasteiger partial charge on any atom is -0.440 e. The van der Waals surface area contributed by atoms with Crippen LogP contribution in [0.3, 0.4) is 0 Å². The lowest BCUT2D eigenvalue weighted by Gasteiger charge is -2.19. The van der Waals surface area contributed by atoms with E-state index in [1.54, 1.807) is 7.11 Å². The van der Waals surface area contributed by atoms with Crippen LogP contribution in [0.1, 0.15) is 60.9 Å². The largest absolute Gasteiger partial charge is 0.440 e. The molecule has 7 nitrogen and oxygen atoms in total. The van der Waals surface area contributed by atoms with E-state index >= 15 is 0 Å². The Hall–Kier alpha value is -3.19. The normalized spacial score (nSPS) is 15.0. The van der Waals surface area contributed by atoms with Crippen molar-refractivity contribution in [3.8, 4) is 22.6 Å². The Morgan fingerprint density at radius 2 is 1.84 bits per heavy atom. The maximum absolute atomic E-state index is 13.6. The number of nitrogens with zero attached hydrogens (tertiary/aromatic N) is 3. The second-order valence-corrected chi connectivity index (χ2v) is 8.61. The van der Waals surface area contributed by atoms with E-state index in [1.807, 2.05) is 44.2 Å². The van der Waals surface area contributed by atoms with Gasteiger partial charge in [0.05, 0.1) is 12.3 Å². The molecular weight excluding hydrogens is 404 g/mol. The number of fused-ring (bicyclic) bond motifs is 1. The maximum atomic E-state index is 13.6. The number of nitrogens with one attached hydrogen (secondary N) is 1. The van der Waals surface area contributed by atoms with Gasteiger partial charge >= 0.3 is 0 Å². The molecule has 7 heteroatoms. The molecule has 3 aromatic heterocycles. The molecule has 1 saturated carbocycles. The van der Waals surface area contributed by atoms with Crippen molar-refractivity contribution in [2.45, 2.75) is 58.5 Å². The van der Waals surface area contributed by atoms with Gasteiger partial charge in [-0.2, -0.15) is 0 Å². The van der Waals surface area contributed by atoms with Crippen LogP contribution in [0.5, 0.6) is 0 Å². The monoisotopic (exact) mass is 432 g/mol. The molecule has 1 fully saturated rings. The fraction of sp³-hybridized carbons (Fsp3) is 0.400. The third kappa shape index (κ3) is 3.46. The number of aromatic nitrogens is 4. The fourth-order valence-electron chi connectivity index (χ4n) is 4.88. The summed E-state index contributed by atoms with van der Waals surface area (Å²) in [5, 5.41) is 3.19. The van der Waals surface area contributed by atoms with E-state index in [0.29, 0.717) is 35.3 Å². The summed E-state index contributed by atoms with van der Waals surface area (Å²) in [6.07, 6.45) is 5.79. The Morgan fingerprint density at radius 3 is 2.56 bits per heavy atom. The van der Waals surface area contributed by atoms with E-state index in [2.05, 4.69) is 5.10 Å². The summed E-state index contributed by atoms with van der Waals surface area (Å²) in [5.41, 5.74) is 5.00. The highest BCUT2D eigenvalue weighted by Crippen LogP contribution is 2.37. The van der Waals surface area contributed by atoms with Gasteiger partial charge in [0, 0.05) is 24.3 Å². The lowest BCUT2D eigenvalue weighted by atomic mass is 9.87. The van der Waals surface area contributed by atoms with Crippen LogP contribution >= 0.6 is 0 Å². The molecule has 0 bridgehead atoms. The highest BCUT2D eigenvalue weighted by molar-refractivity contribution is 5.80. The smallest absolute Gasteiger partial charge is 0.285 e. The number of hydrogen-bond acceptors (Lipinski definition) is 5. The van der Waals surface area contributed by atoms with Gasteiger partial charge in [-0.15, -0.1) is 0 Å². The quantitative estimate of drug-likeness (QED) is 0.471. The van der Waals surface area contributed by atoms with E-state index in [1.165, 1.54) is 23.8 Å². The topological polar surface area (TPSA) is 85.4 Å². The molecule has 0 amide bonds. The van der Waals surface area contributed by atoms with Crippen LogP contribution in [0.25, 0.3) is 28.2 Å². The van der Waals surface area contributed by atoms with Crippen molar-refractivity contribution < 1.29 is 9.15 Å². The number of benzene rings is 1. The first kappa shape index (κ1) is 20.7. The predicted molar refractivity (Wildman–Crippen MR) is 123 cm³/mol. The molecule has 3 heterocycles. The lowest BCUT2D eigenvalue weighted by molar-refractivity contribution is 0.179. The number of H-pyrrole nitrogens is 1. The van der Waals surface area contributed by atoms with E-state index in [9.17, 15) is 4.79 Å². The van der Waals surface area contributed by atoms with Gasteiger partial charge in [-0.05, 0) is 32.3 Å². The van der Waals surface area contributed by atoms with Crippen molar-refractivity contribution in [1.29, 1.82) is 0 Å². The van der Waals surface area contributed by atoms with Crippen LogP contribution in [0.4, 0.5) is 0 Å². The van der Waals surface area contributed by atoms with Crippen LogP contribution in [0.2, 0.25) is 0 Å². The molecule has 0 unspecified atom stereocenters. The molecule has 1 N–H and O–H groups in total. The first-order valence-electron chi connectivity index (χ1n) is 11.2. The van der Waals surface area contributed by atoms with Crippen molar-refractivity contribution in [2.75, 3.05) is 7.11 Å². The van der Waals surface area contributed by atoms with E-state index in [4.69, 9.17) is 19.1 Å². The average Bonchev–Trinajstić information content (AvgIpc) is 3.36. The molecule has 1 aliphatic rings. The molecular formula is C25H28N4O3. The number of hydrogen-bond donors (Lipinski definition) is 1. The first-order chi connectivity index (χ1) is 15.6. The Bertz CT molecular complexity index is 1310. The predicted octanol–water partition coefficient (Wildman–Crippen LogP) is 5.16. The summed E-state index contributed by atoms with van der Waals surface area (Å²) >= 11 is 0. The number of methoxy groups -OCH3 is 1. The Balaban J connectivity index is 1.66. The van der Waals surface area contributed by atoms with Gasteiger partial charge in [-0.1, -0.05) is 49.6 Å². The van der Waals surface area contributed by atoms with Gasteiger partial charge in [0.2, 0.25) is 5.89 Å². The van der Waals surface area contributed by atoms with Gasteiger partial charge in [0.25, 0.3) is 5.56 Å². The lowest BCUT2D eigenvalue weighted by Crippen LogP contribution is -2.19. The van der Waals surface area contributed by atoms with Crippen LogP contribution in [0.15, 0.2) is 39.5 Å². The Labute approximate surface area is 186 Å². The van der Waals surface area contributed by atoms with Crippen LogP contribution in [-0.2, 0) is 11.3 Å². The van der Waals surface area contributed by atoms with E-state index in [-0.39, 0.29) is 5.56 Å². The van der Waals surface area contributed by atoms with Gasteiger partial charge in [0.1, 0.15) is 17.0 Å². The minimum absolute atomic E-state index is 0.210. The fourth-order valence-corrected chi connectivity index (χ4v) is 4.88. The molecule has 0 aliphatic heterocycles. The number of ether oxygens (including phenoxy) is 1. The average molecular weight is 433 g/mol. The zero-order valence-electron chi connectivity index (χ0n) is 18.8. The summed E-state index contributed by atoms with van der Waals surface area (Å²) in [7, 11) is 1.65. The molecule has 5 rings (SSSR count). The molecule has 0 spiro atoms. The van der Waals surface area contributed by atoms with Crippen LogP contribution in [-0.4, -0.2) is 26.7 Å². The SMILES string of the molecule is COCc1nc(-c2c(C)nc3c(-c4ccccc4)c(C)[nH]n3c2=O)oc1C1CCCCC1. The second kappa shape index (κ2) is 8.39. The molecule has 32 heavy (non-hydrogen) atoms. The van der Waals surface area contributed by atoms with Gasteiger partial charge in [-0.25, -0.2) is 14.5 Å². The number of oxazole rings is 1. The Kier molecular flexibility index (Phi) is 5.43. The summed E-state index contributed by atoms with van der Waals surface area (Å²) in [6, 6.07) is 9.98. The van der Waals surface area contributed by atoms with E-state index < -0.39 is 0 Å². The zero-order valence-corrected chi connectivity index (χ0v) is 18.8. The summed E-state index contributed by atoms with van der Waals surface area (Å²) in [6.45, 7) is 4.16. The number of aryl methyl sites for hydroxylation is 2. The minimum atomic E-state index is -0.210. The van der Waals surface area contributed by atoms with Crippen molar-refractivity contribution in [3.05, 3.63) is 63.5 Å². The van der Waals surface area contributed by atoms with Gasteiger partial charge in [-0.3, -0.25) is 9.89 Å². The molecule has 0 atom stereocenters. The highest BCUT2D eigenvalue weighted by atomic mass is 16.5. The third-order valence-electron chi connectivity index (χ3n) is 6.40. The summed E-state index contributed by atoms with van der Waals surface area (Å²) in [4.78, 5) is 23.1. The molecule has 0 saturated heterocycles. The molecule has 1 aromatic carbocycles. The molecule has 1 aliphatic carbocycles. The highest BCUT2D eigenvalue weighted by Gasteiger charge is 2.27. The second-order valence-electron chi connectivity index (χ2n) is 8.61. The van der Waals surface area contributed by atoms with Crippen LogP contribution < -0.4 is 5.56 Å². The maximum Gasteiger partial charge on any atom is 0.285 e. The standard InChI is InChI=1S/C25H28N4O3/c1-15-21(24-27-19(14-31-3)22(32-24)18-12-8-5-9-13-18)25(30)29-23(26-15)20(16(2)28-29)17-10-6-4-7-11-17/h4,6-7,10-11,18,28H,5,8-9,12-14H2,1-3H3. The summed E-state index contributed by atoms with van der Waals surface area (Å²) in [5.74, 6) is 1.51. The molecule has 4 aromatic rings. The zero-order chi connectivity index (χ0) is 22.2. The Morgan fingerprint density at radius 1 is 1.09 bits per heavy atom. The van der Waals surface area contributed by atoms with E-state index in [0.717, 1.165) is 41.1 Å². The first-order valence-corrected chi connectivity index (χ1v) is 11.2. The van der Waals surface area contributed by atoms with Crippen LogP contribution in [0, 0.1) is 13.8 Å². The number of aromatic amines is 1. The van der Waals surface area contributed by atoms with Gasteiger partial charge in [0.15, 0.2) is 5.65 Å². The summed E-state index contributed by atoms with van der Waals surface area (Å²) < 4.78 is 13.1. The molecule has 0 radical (unpaired) electrons. The van der Waals surface area contributed by atoms with Crippen molar-refractivity contribution in [1.82, 2.24) is 19.6 Å². The molecule has 166 valence electrons. The third-order valence-corrected chi connectivity index (χ3v) is 6.40. The van der Waals surface area contributed by atoms with Gasteiger partial charge < -0.3 is 9.15 Å².